The number of carbonyl (C=O) groups is 1. The van der Waals surface area contributed by atoms with E-state index < -0.39 is 5.97 Å². The van der Waals surface area contributed by atoms with Gasteiger partial charge in [0, 0.05) is 5.56 Å². The summed E-state index contributed by atoms with van der Waals surface area (Å²) >= 11 is 0. The fourth-order valence-electron chi connectivity index (χ4n) is 1.92. The van der Waals surface area contributed by atoms with Gasteiger partial charge in [0.05, 0.1) is 7.11 Å². The predicted octanol–water partition coefficient (Wildman–Crippen LogP) is 3.14. The maximum absolute atomic E-state index is 11.9. The molecule has 120 valence electrons. The third-order valence-electron chi connectivity index (χ3n) is 3.03. The normalized spacial score (nSPS) is 10.0. The van der Waals surface area contributed by atoms with Crippen molar-refractivity contribution in [3.8, 4) is 11.5 Å². The predicted molar refractivity (Wildman–Crippen MR) is 86.9 cm³/mol. The number of carbonyl (C=O) groups excluding carboxylic acids is 1. The molecule has 0 aliphatic rings. The van der Waals surface area contributed by atoms with Crippen LogP contribution in [0, 0.1) is 6.92 Å². The Hall–Kier alpha value is -2.79. The maximum Gasteiger partial charge on any atom is 0.361 e. The molecule has 0 bridgehead atoms. The molecule has 0 aromatic heterocycles. The average molecular weight is 313 g/mol. The molecule has 0 aliphatic heterocycles. The molecular weight excluding hydrogens is 294 g/mol. The number of hydrogen-bond donors (Lipinski definition) is 1. The largest absolute Gasteiger partial charge is 0.489 e. The molecular formula is C18H19NO4. The molecule has 0 spiro atoms. The van der Waals surface area contributed by atoms with Crippen molar-refractivity contribution >= 4 is 5.97 Å². The molecule has 0 saturated carbocycles. The van der Waals surface area contributed by atoms with Gasteiger partial charge in [0.2, 0.25) is 0 Å². The minimum atomic E-state index is -0.616. The third-order valence-corrected chi connectivity index (χ3v) is 3.03. The Kier molecular flexibility index (Phi) is 5.77. The van der Waals surface area contributed by atoms with Crippen LogP contribution in [-0.4, -0.2) is 13.1 Å². The highest BCUT2D eigenvalue weighted by Crippen LogP contribution is 2.21. The summed E-state index contributed by atoms with van der Waals surface area (Å²) in [5.41, 5.74) is 4.24. The van der Waals surface area contributed by atoms with E-state index in [1.54, 1.807) is 12.1 Å². The molecule has 0 unspecified atom stereocenters. The van der Waals surface area contributed by atoms with Gasteiger partial charge in [-0.15, -0.1) is 0 Å². The van der Waals surface area contributed by atoms with Crippen molar-refractivity contribution in [3.63, 3.8) is 0 Å². The van der Waals surface area contributed by atoms with E-state index in [0.717, 1.165) is 16.9 Å². The zero-order valence-corrected chi connectivity index (χ0v) is 13.2. The van der Waals surface area contributed by atoms with E-state index >= 15 is 0 Å². The molecule has 5 nitrogen and oxygen atoms in total. The molecule has 0 radical (unpaired) electrons. The molecule has 1 N–H and O–H groups in total. The van der Waals surface area contributed by atoms with E-state index in [4.69, 9.17) is 9.47 Å². The second kappa shape index (κ2) is 8.00. The summed E-state index contributed by atoms with van der Waals surface area (Å²) in [6, 6.07) is 14.9. The summed E-state index contributed by atoms with van der Waals surface area (Å²) in [4.78, 5) is 16.5. The van der Waals surface area contributed by atoms with Crippen molar-refractivity contribution in [3.05, 3.63) is 71.9 Å². The first-order valence-electron chi connectivity index (χ1n) is 7.07. The molecule has 0 atom stereocenters. The van der Waals surface area contributed by atoms with Gasteiger partial charge in [0.25, 0.3) is 0 Å². The molecule has 2 aromatic rings. The number of nitrogens with one attached hydrogen (secondary N) is 1. The topological polar surface area (TPSA) is 56.8 Å². The summed E-state index contributed by atoms with van der Waals surface area (Å²) in [7, 11) is 1.39. The van der Waals surface area contributed by atoms with Crippen LogP contribution in [0.4, 0.5) is 0 Å². The van der Waals surface area contributed by atoms with E-state index in [1.165, 1.54) is 7.11 Å². The van der Waals surface area contributed by atoms with Crippen LogP contribution < -0.4 is 15.0 Å². The lowest BCUT2D eigenvalue weighted by Crippen LogP contribution is -2.22. The molecule has 0 fully saturated rings. The van der Waals surface area contributed by atoms with Crippen LogP contribution in [0.5, 0.6) is 11.5 Å². The molecule has 2 rings (SSSR count). The smallest absolute Gasteiger partial charge is 0.361 e. The lowest BCUT2D eigenvalue weighted by atomic mass is 10.2. The van der Waals surface area contributed by atoms with Crippen LogP contribution in [-0.2, 0) is 16.2 Å². The van der Waals surface area contributed by atoms with Crippen molar-refractivity contribution in [2.45, 2.75) is 13.5 Å². The van der Waals surface area contributed by atoms with Crippen LogP contribution in [0.3, 0.4) is 0 Å². The molecule has 0 heterocycles. The van der Waals surface area contributed by atoms with E-state index in [-0.39, 0.29) is 12.3 Å². The second-order valence-corrected chi connectivity index (χ2v) is 4.89. The van der Waals surface area contributed by atoms with Crippen LogP contribution in [0.25, 0.3) is 0 Å². The van der Waals surface area contributed by atoms with Gasteiger partial charge < -0.3 is 9.47 Å². The number of hydroxylamine groups is 1. The SMILES string of the molecule is C=C(NOC)C(=O)Oc1ccccc1COc1cccc(C)c1. The fraction of sp³-hybridized carbons (Fsp3) is 0.167. The first kappa shape index (κ1) is 16.6. The summed E-state index contributed by atoms with van der Waals surface area (Å²) in [5, 5.41) is 0. The standard InChI is InChI=1S/C18H19NO4/c1-13-7-6-9-16(11-13)22-12-15-8-4-5-10-17(15)23-18(20)14(2)19-21-3/h4-11,19H,2,12H2,1,3H3. The van der Waals surface area contributed by atoms with Crippen molar-refractivity contribution < 1.29 is 19.1 Å². The van der Waals surface area contributed by atoms with Gasteiger partial charge in [0.1, 0.15) is 23.8 Å². The number of aryl methyl sites for hydroxylation is 1. The number of esters is 1. The summed E-state index contributed by atoms with van der Waals surface area (Å²) < 4.78 is 11.1. The van der Waals surface area contributed by atoms with E-state index in [0.29, 0.717) is 5.75 Å². The Morgan fingerprint density at radius 1 is 1.17 bits per heavy atom. The molecule has 2 aromatic carbocycles. The number of hydrogen-bond acceptors (Lipinski definition) is 5. The van der Waals surface area contributed by atoms with Crippen LogP contribution in [0.1, 0.15) is 11.1 Å². The number of para-hydroxylation sites is 1. The Morgan fingerprint density at radius 2 is 1.96 bits per heavy atom. The van der Waals surface area contributed by atoms with Gasteiger partial charge in [-0.1, -0.05) is 36.9 Å². The zero-order chi connectivity index (χ0) is 16.7. The molecule has 0 amide bonds. The lowest BCUT2D eigenvalue weighted by Gasteiger charge is -2.12. The monoisotopic (exact) mass is 313 g/mol. The fourth-order valence-corrected chi connectivity index (χ4v) is 1.92. The van der Waals surface area contributed by atoms with E-state index in [1.807, 2.05) is 43.3 Å². The van der Waals surface area contributed by atoms with Crippen LogP contribution >= 0.6 is 0 Å². The molecule has 0 saturated heterocycles. The number of benzene rings is 2. The Bertz CT molecular complexity index is 697. The molecule has 5 heteroatoms. The van der Waals surface area contributed by atoms with Crippen molar-refractivity contribution in [1.82, 2.24) is 5.48 Å². The van der Waals surface area contributed by atoms with Gasteiger partial charge >= 0.3 is 5.97 Å². The van der Waals surface area contributed by atoms with Gasteiger partial charge in [-0.25, -0.2) is 4.79 Å². The minimum Gasteiger partial charge on any atom is -0.489 e. The zero-order valence-electron chi connectivity index (χ0n) is 13.2. The quantitative estimate of drug-likeness (QED) is 0.368. The van der Waals surface area contributed by atoms with Crippen molar-refractivity contribution in [1.29, 1.82) is 0 Å². The maximum atomic E-state index is 11.9. The molecule has 0 aliphatic carbocycles. The van der Waals surface area contributed by atoms with Crippen molar-refractivity contribution in [2.75, 3.05) is 7.11 Å². The van der Waals surface area contributed by atoms with Gasteiger partial charge in [-0.05, 0) is 30.7 Å². The third kappa shape index (κ3) is 4.86. The van der Waals surface area contributed by atoms with E-state index in [9.17, 15) is 4.79 Å². The Labute approximate surface area is 135 Å². The summed E-state index contributed by atoms with van der Waals surface area (Å²) in [6.07, 6.45) is 0. The highest BCUT2D eigenvalue weighted by molar-refractivity contribution is 5.88. The average Bonchev–Trinajstić information content (AvgIpc) is 2.54. The van der Waals surface area contributed by atoms with Gasteiger partial charge in [0.15, 0.2) is 0 Å². The number of rotatable bonds is 7. The first-order chi connectivity index (χ1) is 11.1. The highest BCUT2D eigenvalue weighted by Gasteiger charge is 2.12. The minimum absolute atomic E-state index is 0.0157. The second-order valence-electron chi connectivity index (χ2n) is 4.89. The van der Waals surface area contributed by atoms with Gasteiger partial charge in [-0.2, -0.15) is 0 Å². The van der Waals surface area contributed by atoms with E-state index in [2.05, 4.69) is 16.9 Å². The number of ether oxygens (including phenoxy) is 2. The highest BCUT2D eigenvalue weighted by atomic mass is 16.6. The van der Waals surface area contributed by atoms with Crippen LogP contribution in [0.15, 0.2) is 60.8 Å². The van der Waals surface area contributed by atoms with Gasteiger partial charge in [-0.3, -0.25) is 10.3 Å². The Balaban J connectivity index is 2.05. The Morgan fingerprint density at radius 3 is 2.70 bits per heavy atom. The van der Waals surface area contributed by atoms with Crippen molar-refractivity contribution in [2.24, 2.45) is 0 Å². The summed E-state index contributed by atoms with van der Waals surface area (Å²) in [5.74, 6) is 0.565. The first-order valence-corrected chi connectivity index (χ1v) is 7.07. The van der Waals surface area contributed by atoms with Crippen LogP contribution in [0.2, 0.25) is 0 Å². The lowest BCUT2D eigenvalue weighted by molar-refractivity contribution is -0.131. The summed E-state index contributed by atoms with van der Waals surface area (Å²) in [6.45, 7) is 5.82. The molecule has 23 heavy (non-hydrogen) atoms.